The highest BCUT2D eigenvalue weighted by Crippen LogP contribution is 2.29. The van der Waals surface area contributed by atoms with Crippen molar-refractivity contribution in [2.75, 3.05) is 12.4 Å². The Bertz CT molecular complexity index is 996. The molecule has 0 radical (unpaired) electrons. The van der Waals surface area contributed by atoms with E-state index in [9.17, 15) is 9.90 Å². The molecule has 3 rings (SSSR count). The van der Waals surface area contributed by atoms with Crippen LogP contribution in [0.25, 0.3) is 0 Å². The summed E-state index contributed by atoms with van der Waals surface area (Å²) in [5, 5.41) is 12.5. The lowest BCUT2D eigenvalue weighted by atomic mass is 10.1. The van der Waals surface area contributed by atoms with E-state index < -0.39 is 5.97 Å². The molecule has 0 saturated heterocycles. The average molecular weight is 391 g/mol. The fourth-order valence-electron chi connectivity index (χ4n) is 2.93. The van der Waals surface area contributed by atoms with E-state index in [0.717, 1.165) is 22.4 Å². The number of carboxylic acids is 1. The fraction of sp³-hybridized carbons (Fsp3) is 0.208. The number of nitrogens with one attached hydrogen (secondary N) is 1. The molecule has 0 unspecified atom stereocenters. The van der Waals surface area contributed by atoms with Crippen molar-refractivity contribution >= 4 is 11.7 Å². The first-order valence-electron chi connectivity index (χ1n) is 9.39. The second-order valence-corrected chi connectivity index (χ2v) is 6.95. The predicted octanol–water partition coefficient (Wildman–Crippen LogP) is 5.20. The molecule has 150 valence electrons. The third kappa shape index (κ3) is 5.29. The quantitative estimate of drug-likeness (QED) is 0.552. The van der Waals surface area contributed by atoms with Crippen LogP contribution in [0, 0.1) is 13.8 Å². The molecule has 0 fully saturated rings. The molecule has 0 aliphatic carbocycles. The number of carbonyl (C=O) groups is 1. The number of carboxylic acid groups (broad SMARTS) is 1. The van der Waals surface area contributed by atoms with E-state index in [1.165, 1.54) is 5.56 Å². The second-order valence-electron chi connectivity index (χ2n) is 6.95. The number of anilines is 1. The van der Waals surface area contributed by atoms with Gasteiger partial charge < -0.3 is 19.9 Å². The van der Waals surface area contributed by atoms with E-state index in [0.29, 0.717) is 24.7 Å². The molecule has 0 saturated carbocycles. The standard InChI is InChI=1S/C24H25NO4/c1-16-4-7-18(8-5-16)15-29-22-11-9-19(12-23(22)28-3)14-25-21-13-20(24(26)27)10-6-17(21)2/h4-13,25H,14-15H2,1-3H3,(H,26,27). The second kappa shape index (κ2) is 9.15. The maximum atomic E-state index is 11.2. The van der Waals surface area contributed by atoms with Crippen LogP contribution in [-0.2, 0) is 13.2 Å². The van der Waals surface area contributed by atoms with Gasteiger partial charge in [-0.1, -0.05) is 42.0 Å². The Balaban J connectivity index is 1.68. The van der Waals surface area contributed by atoms with Gasteiger partial charge in [0.1, 0.15) is 6.61 Å². The van der Waals surface area contributed by atoms with Crippen molar-refractivity contribution in [3.8, 4) is 11.5 Å². The number of ether oxygens (including phenoxy) is 2. The molecule has 3 aromatic carbocycles. The Labute approximate surface area is 170 Å². The van der Waals surface area contributed by atoms with E-state index in [1.807, 2.05) is 37.3 Å². The van der Waals surface area contributed by atoms with Crippen LogP contribution in [0.2, 0.25) is 0 Å². The molecule has 0 spiro atoms. The molecule has 0 aromatic heterocycles. The Kier molecular flexibility index (Phi) is 6.39. The summed E-state index contributed by atoms with van der Waals surface area (Å²) in [6, 6.07) is 19.1. The molecule has 3 aromatic rings. The summed E-state index contributed by atoms with van der Waals surface area (Å²) in [4.78, 5) is 11.2. The van der Waals surface area contributed by atoms with Gasteiger partial charge in [0.15, 0.2) is 11.5 Å². The van der Waals surface area contributed by atoms with Crippen LogP contribution in [0.3, 0.4) is 0 Å². The van der Waals surface area contributed by atoms with Crippen LogP contribution < -0.4 is 14.8 Å². The number of hydrogen-bond acceptors (Lipinski definition) is 4. The molecular formula is C24H25NO4. The summed E-state index contributed by atoms with van der Waals surface area (Å²) in [5.41, 5.74) is 5.35. The average Bonchev–Trinajstić information content (AvgIpc) is 2.72. The van der Waals surface area contributed by atoms with Gasteiger partial charge in [0.25, 0.3) is 0 Å². The summed E-state index contributed by atoms with van der Waals surface area (Å²) >= 11 is 0. The Morgan fingerprint density at radius 1 is 0.931 bits per heavy atom. The summed E-state index contributed by atoms with van der Waals surface area (Å²) in [7, 11) is 1.62. The molecule has 0 amide bonds. The van der Waals surface area contributed by atoms with Gasteiger partial charge in [-0.2, -0.15) is 0 Å². The van der Waals surface area contributed by atoms with Crippen molar-refractivity contribution in [3.05, 3.63) is 88.5 Å². The van der Waals surface area contributed by atoms with Crippen LogP contribution in [0.4, 0.5) is 5.69 Å². The van der Waals surface area contributed by atoms with Gasteiger partial charge in [-0.05, 0) is 54.8 Å². The first-order valence-corrected chi connectivity index (χ1v) is 9.39. The largest absolute Gasteiger partial charge is 0.493 e. The lowest BCUT2D eigenvalue weighted by Crippen LogP contribution is -2.04. The minimum atomic E-state index is -0.940. The number of methoxy groups -OCH3 is 1. The Hall–Kier alpha value is -3.47. The zero-order chi connectivity index (χ0) is 20.8. The molecule has 0 bridgehead atoms. The van der Waals surface area contributed by atoms with Crippen molar-refractivity contribution < 1.29 is 19.4 Å². The highest BCUT2D eigenvalue weighted by molar-refractivity contribution is 5.89. The SMILES string of the molecule is COc1cc(CNc2cc(C(=O)O)ccc2C)ccc1OCc1ccc(C)cc1. The van der Waals surface area contributed by atoms with E-state index in [-0.39, 0.29) is 5.56 Å². The topological polar surface area (TPSA) is 67.8 Å². The highest BCUT2D eigenvalue weighted by atomic mass is 16.5. The molecule has 0 heterocycles. The highest BCUT2D eigenvalue weighted by Gasteiger charge is 2.09. The molecule has 0 aliphatic heterocycles. The van der Waals surface area contributed by atoms with Crippen LogP contribution in [0.15, 0.2) is 60.7 Å². The molecule has 29 heavy (non-hydrogen) atoms. The number of aromatic carboxylic acids is 1. The molecule has 0 aliphatic rings. The van der Waals surface area contributed by atoms with E-state index in [4.69, 9.17) is 9.47 Å². The molecule has 0 atom stereocenters. The smallest absolute Gasteiger partial charge is 0.335 e. The summed E-state index contributed by atoms with van der Waals surface area (Å²) in [5.74, 6) is 0.401. The molecular weight excluding hydrogens is 366 g/mol. The molecule has 2 N–H and O–H groups in total. The van der Waals surface area contributed by atoms with Crippen LogP contribution in [0.5, 0.6) is 11.5 Å². The van der Waals surface area contributed by atoms with Crippen molar-refractivity contribution in [1.82, 2.24) is 0 Å². The van der Waals surface area contributed by atoms with Gasteiger partial charge in [-0.25, -0.2) is 4.79 Å². The van der Waals surface area contributed by atoms with Crippen molar-refractivity contribution in [1.29, 1.82) is 0 Å². The number of rotatable bonds is 8. The van der Waals surface area contributed by atoms with Crippen molar-refractivity contribution in [2.24, 2.45) is 0 Å². The van der Waals surface area contributed by atoms with Gasteiger partial charge in [-0.3, -0.25) is 0 Å². The van der Waals surface area contributed by atoms with Gasteiger partial charge in [0.2, 0.25) is 0 Å². The fourth-order valence-corrected chi connectivity index (χ4v) is 2.93. The minimum absolute atomic E-state index is 0.260. The van der Waals surface area contributed by atoms with Gasteiger partial charge in [-0.15, -0.1) is 0 Å². The van der Waals surface area contributed by atoms with Gasteiger partial charge in [0.05, 0.1) is 12.7 Å². The number of aryl methyl sites for hydroxylation is 2. The van der Waals surface area contributed by atoms with E-state index in [1.54, 1.807) is 25.3 Å². The third-order valence-electron chi connectivity index (χ3n) is 4.71. The zero-order valence-electron chi connectivity index (χ0n) is 16.9. The number of benzene rings is 3. The van der Waals surface area contributed by atoms with Crippen LogP contribution in [-0.4, -0.2) is 18.2 Å². The molecule has 5 nitrogen and oxygen atoms in total. The van der Waals surface area contributed by atoms with Crippen LogP contribution >= 0.6 is 0 Å². The Morgan fingerprint density at radius 2 is 1.66 bits per heavy atom. The monoisotopic (exact) mass is 391 g/mol. The maximum Gasteiger partial charge on any atom is 0.335 e. The first kappa shape index (κ1) is 20.3. The van der Waals surface area contributed by atoms with E-state index in [2.05, 4.69) is 24.4 Å². The Morgan fingerprint density at radius 3 is 2.34 bits per heavy atom. The summed E-state index contributed by atoms with van der Waals surface area (Å²) in [6.07, 6.45) is 0. The summed E-state index contributed by atoms with van der Waals surface area (Å²) in [6.45, 7) is 5.00. The first-order chi connectivity index (χ1) is 14.0. The zero-order valence-corrected chi connectivity index (χ0v) is 16.9. The molecule has 5 heteroatoms. The number of hydrogen-bond donors (Lipinski definition) is 2. The minimum Gasteiger partial charge on any atom is -0.493 e. The van der Waals surface area contributed by atoms with Gasteiger partial charge >= 0.3 is 5.97 Å². The normalized spacial score (nSPS) is 10.4. The lowest BCUT2D eigenvalue weighted by Gasteiger charge is -2.14. The summed E-state index contributed by atoms with van der Waals surface area (Å²) < 4.78 is 11.4. The van der Waals surface area contributed by atoms with Crippen molar-refractivity contribution in [2.45, 2.75) is 27.0 Å². The van der Waals surface area contributed by atoms with Gasteiger partial charge in [0, 0.05) is 12.2 Å². The van der Waals surface area contributed by atoms with Crippen LogP contribution in [0.1, 0.15) is 32.6 Å². The lowest BCUT2D eigenvalue weighted by molar-refractivity contribution is 0.0697. The predicted molar refractivity (Wildman–Crippen MR) is 114 cm³/mol. The maximum absolute atomic E-state index is 11.2. The van der Waals surface area contributed by atoms with Crippen molar-refractivity contribution in [3.63, 3.8) is 0 Å². The third-order valence-corrected chi connectivity index (χ3v) is 4.71. The van der Waals surface area contributed by atoms with E-state index >= 15 is 0 Å².